The molecule has 0 unspecified atom stereocenters. The van der Waals surface area contributed by atoms with E-state index in [4.69, 9.17) is 33.3 Å². The van der Waals surface area contributed by atoms with Gasteiger partial charge in [-0.15, -0.1) is 0 Å². The van der Waals surface area contributed by atoms with Crippen molar-refractivity contribution in [3.05, 3.63) is 97.8 Å². The van der Waals surface area contributed by atoms with E-state index >= 15 is 0 Å². The Labute approximate surface area is 225 Å². The van der Waals surface area contributed by atoms with E-state index in [-0.39, 0.29) is 4.32 Å². The first-order valence-corrected chi connectivity index (χ1v) is 12.6. The Morgan fingerprint density at radius 1 is 1.11 bits per heavy atom. The maximum atomic E-state index is 12.9. The first-order valence-electron chi connectivity index (χ1n) is 10.2. The molecule has 3 aromatic rings. The molecule has 1 heterocycles. The van der Waals surface area contributed by atoms with Gasteiger partial charge < -0.3 is 9.47 Å². The van der Waals surface area contributed by atoms with Gasteiger partial charge in [-0.25, -0.2) is 0 Å². The number of rotatable bonds is 7. The lowest BCUT2D eigenvalue weighted by Gasteiger charge is -2.15. The van der Waals surface area contributed by atoms with Gasteiger partial charge in [-0.1, -0.05) is 57.5 Å². The number of hydrogen-bond acceptors (Lipinski definition) is 6. The highest BCUT2D eigenvalue weighted by Crippen LogP contribution is 2.34. The van der Waals surface area contributed by atoms with Crippen molar-refractivity contribution in [2.75, 3.05) is 7.11 Å². The number of hydrazine groups is 1. The highest BCUT2D eigenvalue weighted by atomic mass is 79.9. The third-order valence-electron chi connectivity index (χ3n) is 4.91. The highest BCUT2D eigenvalue weighted by molar-refractivity contribution is 9.10. The van der Waals surface area contributed by atoms with Crippen LogP contribution in [0.1, 0.15) is 21.5 Å². The molecule has 0 aliphatic carbocycles. The Bertz CT molecular complexity index is 1310. The summed E-state index contributed by atoms with van der Waals surface area (Å²) in [5, 5.41) is 1.57. The summed E-state index contributed by atoms with van der Waals surface area (Å²) in [5.41, 5.74) is 4.65. The molecule has 1 fully saturated rings. The molecule has 178 valence electrons. The van der Waals surface area contributed by atoms with Gasteiger partial charge in [0, 0.05) is 15.1 Å². The highest BCUT2D eigenvalue weighted by Gasteiger charge is 2.33. The molecule has 1 saturated heterocycles. The molecule has 0 radical (unpaired) electrons. The van der Waals surface area contributed by atoms with Crippen molar-refractivity contribution in [3.63, 3.8) is 0 Å². The molecule has 0 aromatic heterocycles. The summed E-state index contributed by atoms with van der Waals surface area (Å²) in [7, 11) is 1.55. The zero-order chi connectivity index (χ0) is 24.9. The number of methoxy groups -OCH3 is 1. The molecule has 3 aromatic carbocycles. The number of carbonyl (C=O) groups excluding carboxylic acids is 2. The lowest BCUT2D eigenvalue weighted by atomic mass is 10.2. The fraction of sp³-hybridized carbons (Fsp3) is 0.0800. The van der Waals surface area contributed by atoms with Gasteiger partial charge in [0.1, 0.15) is 6.61 Å². The summed E-state index contributed by atoms with van der Waals surface area (Å²) in [5.74, 6) is 0.225. The van der Waals surface area contributed by atoms with Crippen LogP contribution >= 0.6 is 51.5 Å². The Morgan fingerprint density at radius 3 is 2.51 bits per heavy atom. The third-order valence-corrected chi connectivity index (χ3v) is 6.99. The number of carbonyl (C=O) groups is 2. The van der Waals surface area contributed by atoms with E-state index in [2.05, 4.69) is 21.4 Å². The minimum Gasteiger partial charge on any atom is -0.493 e. The standard InChI is InChI=1S/C25H18BrClN2O4S2/c1-32-21-12-16(4-11-20(21)33-14-15-2-7-18(26)8-3-15)13-22-24(31)29(25(34)35-22)28-23(30)17-5-9-19(27)10-6-17/h2-13H,14H2,1H3,(H,28,30)/b22-13+. The van der Waals surface area contributed by atoms with Gasteiger partial charge in [-0.3, -0.25) is 15.0 Å². The molecule has 1 aliphatic rings. The first-order chi connectivity index (χ1) is 16.8. The largest absolute Gasteiger partial charge is 0.493 e. The van der Waals surface area contributed by atoms with Gasteiger partial charge in [-0.2, -0.15) is 5.01 Å². The fourth-order valence-electron chi connectivity index (χ4n) is 3.12. The zero-order valence-electron chi connectivity index (χ0n) is 18.3. The van der Waals surface area contributed by atoms with Crippen LogP contribution in [-0.4, -0.2) is 28.3 Å². The van der Waals surface area contributed by atoms with Crippen LogP contribution < -0.4 is 14.9 Å². The van der Waals surface area contributed by atoms with Gasteiger partial charge in [0.05, 0.1) is 12.0 Å². The smallest absolute Gasteiger partial charge is 0.285 e. The van der Waals surface area contributed by atoms with Gasteiger partial charge >= 0.3 is 0 Å². The second-order valence-electron chi connectivity index (χ2n) is 7.29. The topological polar surface area (TPSA) is 67.9 Å². The predicted molar refractivity (Wildman–Crippen MR) is 145 cm³/mol. The molecule has 10 heteroatoms. The van der Waals surface area contributed by atoms with Crippen LogP contribution in [0, 0.1) is 0 Å². The molecule has 2 amide bonds. The maximum absolute atomic E-state index is 12.9. The van der Waals surface area contributed by atoms with Crippen molar-refractivity contribution in [2.24, 2.45) is 0 Å². The Balaban J connectivity index is 1.46. The van der Waals surface area contributed by atoms with E-state index in [1.54, 1.807) is 49.6 Å². The van der Waals surface area contributed by atoms with Crippen LogP contribution in [-0.2, 0) is 11.4 Å². The molecule has 6 nitrogen and oxygen atoms in total. The molecule has 4 rings (SSSR count). The van der Waals surface area contributed by atoms with E-state index in [9.17, 15) is 9.59 Å². The van der Waals surface area contributed by atoms with Crippen LogP contribution in [0.25, 0.3) is 6.08 Å². The predicted octanol–water partition coefficient (Wildman–Crippen LogP) is 6.24. The molecule has 1 aliphatic heterocycles. The van der Waals surface area contributed by atoms with Crippen LogP contribution in [0.15, 0.2) is 76.1 Å². The van der Waals surface area contributed by atoms with Gasteiger partial charge in [-0.05, 0) is 78.0 Å². The maximum Gasteiger partial charge on any atom is 0.285 e. The average Bonchev–Trinajstić information content (AvgIpc) is 3.11. The fourth-order valence-corrected chi connectivity index (χ4v) is 4.69. The van der Waals surface area contributed by atoms with Crippen molar-refractivity contribution in [2.45, 2.75) is 6.61 Å². The summed E-state index contributed by atoms with van der Waals surface area (Å²) in [4.78, 5) is 25.8. The summed E-state index contributed by atoms with van der Waals surface area (Å²) in [6.45, 7) is 0.384. The Kier molecular flexibility index (Phi) is 8.12. The molecular weight excluding hydrogens is 572 g/mol. The second kappa shape index (κ2) is 11.3. The third kappa shape index (κ3) is 6.24. The van der Waals surface area contributed by atoms with Crippen molar-refractivity contribution in [3.8, 4) is 11.5 Å². The van der Waals surface area contributed by atoms with Crippen molar-refractivity contribution in [1.82, 2.24) is 10.4 Å². The summed E-state index contributed by atoms with van der Waals surface area (Å²) >= 11 is 15.7. The Hall–Kier alpha value is -2.85. The Morgan fingerprint density at radius 2 is 1.83 bits per heavy atom. The number of ether oxygens (including phenoxy) is 2. The van der Waals surface area contributed by atoms with E-state index in [0.29, 0.717) is 33.6 Å². The molecule has 35 heavy (non-hydrogen) atoms. The summed E-state index contributed by atoms with van der Waals surface area (Å²) in [6, 6.07) is 19.5. The summed E-state index contributed by atoms with van der Waals surface area (Å²) < 4.78 is 12.6. The van der Waals surface area contributed by atoms with Crippen molar-refractivity contribution < 1.29 is 19.1 Å². The van der Waals surface area contributed by atoms with Gasteiger partial charge in [0.15, 0.2) is 15.8 Å². The number of halogens is 2. The van der Waals surface area contributed by atoms with E-state index < -0.39 is 11.8 Å². The van der Waals surface area contributed by atoms with Crippen LogP contribution in [0.5, 0.6) is 11.5 Å². The SMILES string of the molecule is COc1cc(/C=C2/SC(=S)N(NC(=O)c3ccc(Cl)cc3)C2=O)ccc1OCc1ccc(Br)cc1. The minimum absolute atomic E-state index is 0.227. The monoisotopic (exact) mass is 588 g/mol. The van der Waals surface area contributed by atoms with E-state index in [0.717, 1.165) is 32.4 Å². The van der Waals surface area contributed by atoms with E-state index in [1.807, 2.05) is 30.3 Å². The minimum atomic E-state index is -0.465. The normalized spacial score (nSPS) is 14.4. The second-order valence-corrected chi connectivity index (χ2v) is 10.3. The molecular formula is C25H18BrClN2O4S2. The summed E-state index contributed by atoms with van der Waals surface area (Å²) in [6.07, 6.45) is 1.69. The number of nitrogens with one attached hydrogen (secondary N) is 1. The quantitative estimate of drug-likeness (QED) is 0.260. The molecule has 1 N–H and O–H groups in total. The van der Waals surface area contributed by atoms with E-state index in [1.165, 1.54) is 0 Å². The number of thiocarbonyl (C=S) groups is 1. The first kappa shape index (κ1) is 25.2. The van der Waals surface area contributed by atoms with Gasteiger partial charge in [0.2, 0.25) is 0 Å². The molecule has 0 saturated carbocycles. The van der Waals surface area contributed by atoms with Crippen LogP contribution in [0.3, 0.4) is 0 Å². The van der Waals surface area contributed by atoms with Crippen LogP contribution in [0.4, 0.5) is 0 Å². The zero-order valence-corrected chi connectivity index (χ0v) is 22.3. The number of thioether (sulfide) groups is 1. The number of hydrogen-bond donors (Lipinski definition) is 1. The molecule has 0 bridgehead atoms. The number of benzene rings is 3. The van der Waals surface area contributed by atoms with Crippen molar-refractivity contribution in [1.29, 1.82) is 0 Å². The average molecular weight is 590 g/mol. The number of nitrogens with zero attached hydrogens (tertiary/aromatic N) is 1. The van der Waals surface area contributed by atoms with Crippen molar-refractivity contribution >= 4 is 73.7 Å². The lowest BCUT2D eigenvalue weighted by molar-refractivity contribution is -0.123. The van der Waals surface area contributed by atoms with Crippen LogP contribution in [0.2, 0.25) is 5.02 Å². The molecule has 0 atom stereocenters. The molecule has 0 spiro atoms. The lowest BCUT2D eigenvalue weighted by Crippen LogP contribution is -2.44. The number of amides is 2. The van der Waals surface area contributed by atoms with Gasteiger partial charge in [0.25, 0.3) is 11.8 Å².